The number of hydrogen-bond donors (Lipinski definition) is 1. The molecule has 0 radical (unpaired) electrons. The second kappa shape index (κ2) is 6.48. The normalized spacial score (nSPS) is 12.2. The minimum absolute atomic E-state index is 0.207. The van der Waals surface area contributed by atoms with Gasteiger partial charge in [-0.15, -0.1) is 0 Å². The van der Waals surface area contributed by atoms with Crippen molar-refractivity contribution in [2.45, 2.75) is 19.5 Å². The second-order valence-corrected chi connectivity index (χ2v) is 4.94. The van der Waals surface area contributed by atoms with Crippen LogP contribution in [0.4, 0.5) is 10.2 Å². The molecule has 0 fully saturated rings. The smallest absolute Gasteiger partial charge is 0.128 e. The Morgan fingerprint density at radius 3 is 2.80 bits per heavy atom. The fourth-order valence-electron chi connectivity index (χ4n) is 2.07. The van der Waals surface area contributed by atoms with E-state index in [1.165, 1.54) is 11.6 Å². The minimum atomic E-state index is -0.207. The van der Waals surface area contributed by atoms with Crippen LogP contribution >= 0.6 is 0 Å². The van der Waals surface area contributed by atoms with Gasteiger partial charge in [-0.2, -0.15) is 0 Å². The van der Waals surface area contributed by atoms with E-state index in [9.17, 15) is 4.39 Å². The average Bonchev–Trinajstić information content (AvgIpc) is 2.46. The Kier molecular flexibility index (Phi) is 4.69. The van der Waals surface area contributed by atoms with Crippen LogP contribution in [-0.4, -0.2) is 19.1 Å². The van der Waals surface area contributed by atoms with Gasteiger partial charge < -0.3 is 10.2 Å². The average molecular weight is 273 g/mol. The van der Waals surface area contributed by atoms with Crippen LogP contribution in [0.1, 0.15) is 24.1 Å². The first-order valence-corrected chi connectivity index (χ1v) is 6.69. The molecule has 0 aliphatic carbocycles. The van der Waals surface area contributed by atoms with Crippen LogP contribution in [0.5, 0.6) is 0 Å². The lowest BCUT2D eigenvalue weighted by molar-refractivity contribution is 0.625. The van der Waals surface area contributed by atoms with Crippen LogP contribution in [0.2, 0.25) is 0 Å². The molecule has 2 aromatic rings. The Morgan fingerprint density at radius 2 is 2.10 bits per heavy atom. The summed E-state index contributed by atoms with van der Waals surface area (Å²) in [6.07, 6.45) is 1.81. The molecule has 1 atom stereocenters. The summed E-state index contributed by atoms with van der Waals surface area (Å²) in [5.41, 5.74) is 2.12. The zero-order valence-corrected chi connectivity index (χ0v) is 12.1. The molecule has 0 aliphatic rings. The highest BCUT2D eigenvalue weighted by atomic mass is 19.1. The van der Waals surface area contributed by atoms with E-state index >= 15 is 0 Å². The van der Waals surface area contributed by atoms with E-state index in [2.05, 4.69) is 23.3 Å². The highest BCUT2D eigenvalue weighted by molar-refractivity contribution is 5.41. The molecule has 1 unspecified atom stereocenters. The summed E-state index contributed by atoms with van der Waals surface area (Å²) in [6.45, 7) is 2.73. The van der Waals surface area contributed by atoms with E-state index in [1.807, 2.05) is 31.1 Å². The molecule has 1 aromatic carbocycles. The molecule has 0 saturated heterocycles. The zero-order chi connectivity index (χ0) is 14.5. The Morgan fingerprint density at radius 1 is 1.30 bits per heavy atom. The lowest BCUT2D eigenvalue weighted by Crippen LogP contribution is -2.19. The number of aromatic nitrogens is 1. The first-order chi connectivity index (χ1) is 9.60. The van der Waals surface area contributed by atoms with Crippen molar-refractivity contribution in [1.82, 2.24) is 10.3 Å². The quantitative estimate of drug-likeness (QED) is 0.907. The van der Waals surface area contributed by atoms with Gasteiger partial charge in [0.05, 0.1) is 0 Å². The minimum Gasteiger partial charge on any atom is -0.355 e. The number of nitrogens with one attached hydrogen (secondary N) is 1. The molecule has 2 rings (SSSR count). The van der Waals surface area contributed by atoms with Gasteiger partial charge in [-0.05, 0) is 49.4 Å². The summed E-state index contributed by atoms with van der Waals surface area (Å²) in [5, 5.41) is 3.21. The molecule has 0 bridgehead atoms. The summed E-state index contributed by atoms with van der Waals surface area (Å²) in [5.74, 6) is 0.676. The first-order valence-electron chi connectivity index (χ1n) is 6.69. The highest BCUT2D eigenvalue weighted by Gasteiger charge is 2.08. The van der Waals surface area contributed by atoms with Crippen molar-refractivity contribution in [3.63, 3.8) is 0 Å². The van der Waals surface area contributed by atoms with E-state index in [0.29, 0.717) is 6.54 Å². The van der Waals surface area contributed by atoms with Gasteiger partial charge in [-0.3, -0.25) is 0 Å². The van der Waals surface area contributed by atoms with E-state index in [4.69, 9.17) is 0 Å². The summed E-state index contributed by atoms with van der Waals surface area (Å²) >= 11 is 0. The Labute approximate surface area is 119 Å². The van der Waals surface area contributed by atoms with E-state index in [-0.39, 0.29) is 11.9 Å². The van der Waals surface area contributed by atoms with Crippen molar-refractivity contribution in [3.8, 4) is 0 Å². The van der Waals surface area contributed by atoms with Gasteiger partial charge in [0.25, 0.3) is 0 Å². The molecule has 0 amide bonds. The lowest BCUT2D eigenvalue weighted by atomic mass is 10.1. The molecule has 20 heavy (non-hydrogen) atoms. The van der Waals surface area contributed by atoms with Crippen LogP contribution < -0.4 is 10.2 Å². The number of hydrogen-bond acceptors (Lipinski definition) is 3. The van der Waals surface area contributed by atoms with Gasteiger partial charge in [0.1, 0.15) is 11.6 Å². The van der Waals surface area contributed by atoms with Gasteiger partial charge >= 0.3 is 0 Å². The van der Waals surface area contributed by atoms with Crippen LogP contribution in [0.3, 0.4) is 0 Å². The third-order valence-corrected chi connectivity index (χ3v) is 3.40. The molecular formula is C16H20FN3. The van der Waals surface area contributed by atoms with Crippen LogP contribution in [0, 0.1) is 5.82 Å². The van der Waals surface area contributed by atoms with Gasteiger partial charge in [0.15, 0.2) is 0 Å². The fourth-order valence-corrected chi connectivity index (χ4v) is 2.07. The maximum Gasteiger partial charge on any atom is 0.128 e. The van der Waals surface area contributed by atoms with Crippen molar-refractivity contribution in [1.29, 1.82) is 0 Å². The summed E-state index contributed by atoms with van der Waals surface area (Å²) in [7, 11) is 3.89. The van der Waals surface area contributed by atoms with Crippen molar-refractivity contribution in [2.24, 2.45) is 0 Å². The van der Waals surface area contributed by atoms with Gasteiger partial charge in [0, 0.05) is 25.8 Å². The van der Waals surface area contributed by atoms with Gasteiger partial charge in [-0.1, -0.05) is 12.1 Å². The molecule has 1 aromatic heterocycles. The third kappa shape index (κ3) is 3.54. The van der Waals surface area contributed by atoms with Crippen molar-refractivity contribution >= 4 is 5.82 Å². The second-order valence-electron chi connectivity index (χ2n) is 4.94. The predicted octanol–water partition coefficient (Wildman–Crippen LogP) is 3.14. The first kappa shape index (κ1) is 14.5. The predicted molar refractivity (Wildman–Crippen MR) is 80.2 cm³/mol. The standard InChI is InChI=1S/C16H20FN3/c1-12(18-2)14-7-8-19-16(10-14)20(3)11-13-5-4-6-15(17)9-13/h4-10,12,18H,11H2,1-3H3. The topological polar surface area (TPSA) is 28.2 Å². The van der Waals surface area contributed by atoms with E-state index in [0.717, 1.165) is 11.4 Å². The Balaban J connectivity index is 2.14. The monoisotopic (exact) mass is 273 g/mol. The van der Waals surface area contributed by atoms with Crippen molar-refractivity contribution in [3.05, 3.63) is 59.5 Å². The molecule has 0 spiro atoms. The third-order valence-electron chi connectivity index (χ3n) is 3.40. The molecule has 1 heterocycles. The summed E-state index contributed by atoms with van der Waals surface area (Å²) in [4.78, 5) is 6.39. The largest absolute Gasteiger partial charge is 0.355 e. The highest BCUT2D eigenvalue weighted by Crippen LogP contribution is 2.18. The SMILES string of the molecule is CNC(C)c1ccnc(N(C)Cc2cccc(F)c2)c1. The summed E-state index contributed by atoms with van der Waals surface area (Å²) < 4.78 is 13.2. The molecule has 1 N–H and O–H groups in total. The molecular weight excluding hydrogens is 253 g/mol. The Hall–Kier alpha value is -1.94. The van der Waals surface area contributed by atoms with Gasteiger partial charge in [0.2, 0.25) is 0 Å². The molecule has 4 heteroatoms. The maximum absolute atomic E-state index is 13.2. The molecule has 3 nitrogen and oxygen atoms in total. The summed E-state index contributed by atoms with van der Waals surface area (Å²) in [6, 6.07) is 11.0. The van der Waals surface area contributed by atoms with Crippen molar-refractivity contribution in [2.75, 3.05) is 19.0 Å². The number of pyridine rings is 1. The number of benzene rings is 1. The fraction of sp³-hybridized carbons (Fsp3) is 0.312. The van der Waals surface area contributed by atoms with Crippen molar-refractivity contribution < 1.29 is 4.39 Å². The molecule has 0 saturated carbocycles. The number of halogens is 1. The number of rotatable bonds is 5. The molecule has 106 valence electrons. The zero-order valence-electron chi connectivity index (χ0n) is 12.1. The van der Waals surface area contributed by atoms with Crippen LogP contribution in [-0.2, 0) is 6.54 Å². The van der Waals surface area contributed by atoms with E-state index < -0.39 is 0 Å². The number of nitrogens with zero attached hydrogens (tertiary/aromatic N) is 2. The molecule has 0 aliphatic heterocycles. The Bertz CT molecular complexity index is 571. The van der Waals surface area contributed by atoms with Gasteiger partial charge in [-0.25, -0.2) is 9.37 Å². The van der Waals surface area contributed by atoms with Crippen LogP contribution in [0.25, 0.3) is 0 Å². The van der Waals surface area contributed by atoms with E-state index in [1.54, 1.807) is 18.3 Å². The maximum atomic E-state index is 13.2. The van der Waals surface area contributed by atoms with Crippen LogP contribution in [0.15, 0.2) is 42.6 Å². The lowest BCUT2D eigenvalue weighted by Gasteiger charge is -2.20. The number of anilines is 1.